The third-order valence-electron chi connectivity index (χ3n) is 2.90. The Morgan fingerprint density at radius 3 is 2.43 bits per heavy atom. The van der Waals surface area contributed by atoms with Crippen LogP contribution in [0, 0.1) is 5.41 Å². The maximum atomic E-state index is 9.84. The molecule has 0 heterocycles. The van der Waals surface area contributed by atoms with Crippen LogP contribution in [0.25, 0.3) is 0 Å². The van der Waals surface area contributed by atoms with Crippen LogP contribution in [0.2, 0.25) is 0 Å². The number of rotatable bonds is 8. The summed E-state index contributed by atoms with van der Waals surface area (Å²) in [5.41, 5.74) is -0.536. The SMILES string of the molecule is C=C[C@@](C)(CO)[C@@H](O)CCCCCC. The van der Waals surface area contributed by atoms with Crippen molar-refractivity contribution in [1.29, 1.82) is 0 Å². The van der Waals surface area contributed by atoms with E-state index in [0.29, 0.717) is 0 Å². The van der Waals surface area contributed by atoms with E-state index in [1.54, 1.807) is 6.08 Å². The molecule has 0 aliphatic carbocycles. The second kappa shape index (κ2) is 7.02. The van der Waals surface area contributed by atoms with Gasteiger partial charge in [0.2, 0.25) is 0 Å². The van der Waals surface area contributed by atoms with Crippen LogP contribution < -0.4 is 0 Å². The van der Waals surface area contributed by atoms with Crippen molar-refractivity contribution in [3.8, 4) is 0 Å². The van der Waals surface area contributed by atoms with Gasteiger partial charge in [-0.1, -0.05) is 45.6 Å². The lowest BCUT2D eigenvalue weighted by Gasteiger charge is -2.29. The normalized spacial score (nSPS) is 17.4. The van der Waals surface area contributed by atoms with Gasteiger partial charge in [-0.15, -0.1) is 6.58 Å². The standard InChI is InChI=1S/C12H24O2/c1-4-6-7-8-9-11(14)12(3,5-2)10-13/h5,11,13-14H,2,4,6-10H2,1,3H3/t11-,12-/m0/s1. The first-order chi connectivity index (χ1) is 6.60. The summed E-state index contributed by atoms with van der Waals surface area (Å²) in [5.74, 6) is 0. The molecule has 0 aromatic carbocycles. The maximum absolute atomic E-state index is 9.84. The fourth-order valence-electron chi connectivity index (χ4n) is 1.40. The van der Waals surface area contributed by atoms with Gasteiger partial charge in [0.05, 0.1) is 12.7 Å². The average molecular weight is 200 g/mol. The lowest BCUT2D eigenvalue weighted by atomic mass is 9.82. The largest absolute Gasteiger partial charge is 0.395 e. The maximum Gasteiger partial charge on any atom is 0.0650 e. The van der Waals surface area contributed by atoms with Gasteiger partial charge in [-0.2, -0.15) is 0 Å². The van der Waals surface area contributed by atoms with Gasteiger partial charge in [-0.3, -0.25) is 0 Å². The van der Waals surface area contributed by atoms with Crippen molar-refractivity contribution < 1.29 is 10.2 Å². The minimum absolute atomic E-state index is 0.0363. The quantitative estimate of drug-likeness (QED) is 0.467. The van der Waals surface area contributed by atoms with E-state index in [-0.39, 0.29) is 6.61 Å². The van der Waals surface area contributed by atoms with Gasteiger partial charge in [-0.25, -0.2) is 0 Å². The van der Waals surface area contributed by atoms with Crippen LogP contribution >= 0.6 is 0 Å². The molecule has 0 bridgehead atoms. The molecule has 2 nitrogen and oxygen atoms in total. The summed E-state index contributed by atoms with van der Waals surface area (Å²) in [6, 6.07) is 0. The van der Waals surface area contributed by atoms with Crippen molar-refractivity contribution in [2.45, 2.75) is 52.1 Å². The van der Waals surface area contributed by atoms with Crippen molar-refractivity contribution in [3.63, 3.8) is 0 Å². The molecule has 14 heavy (non-hydrogen) atoms. The number of hydrogen-bond acceptors (Lipinski definition) is 2. The third kappa shape index (κ3) is 4.25. The van der Waals surface area contributed by atoms with E-state index in [1.165, 1.54) is 12.8 Å². The van der Waals surface area contributed by atoms with Crippen LogP contribution in [0.5, 0.6) is 0 Å². The van der Waals surface area contributed by atoms with E-state index in [2.05, 4.69) is 13.5 Å². The van der Waals surface area contributed by atoms with Gasteiger partial charge >= 0.3 is 0 Å². The smallest absolute Gasteiger partial charge is 0.0650 e. The molecule has 0 aliphatic heterocycles. The minimum atomic E-state index is -0.536. The highest BCUT2D eigenvalue weighted by molar-refractivity contribution is 4.96. The molecule has 0 spiro atoms. The number of unbranched alkanes of at least 4 members (excludes halogenated alkanes) is 3. The predicted octanol–water partition coefficient (Wildman–Crippen LogP) is 2.50. The molecule has 2 atom stereocenters. The monoisotopic (exact) mass is 200 g/mol. The molecule has 0 aliphatic rings. The summed E-state index contributed by atoms with van der Waals surface area (Å²) in [4.78, 5) is 0. The lowest BCUT2D eigenvalue weighted by Crippen LogP contribution is -2.33. The van der Waals surface area contributed by atoms with Crippen LogP contribution in [-0.2, 0) is 0 Å². The number of aliphatic hydroxyl groups excluding tert-OH is 2. The Morgan fingerprint density at radius 1 is 1.36 bits per heavy atom. The van der Waals surface area contributed by atoms with Gasteiger partial charge in [0, 0.05) is 5.41 Å². The fraction of sp³-hybridized carbons (Fsp3) is 0.833. The number of hydrogen-bond donors (Lipinski definition) is 2. The average Bonchev–Trinajstić information content (AvgIpc) is 2.22. The van der Waals surface area contributed by atoms with E-state index in [4.69, 9.17) is 5.11 Å². The van der Waals surface area contributed by atoms with E-state index < -0.39 is 11.5 Å². The van der Waals surface area contributed by atoms with Gasteiger partial charge < -0.3 is 10.2 Å². The highest BCUT2D eigenvalue weighted by atomic mass is 16.3. The molecule has 0 aromatic heterocycles. The van der Waals surface area contributed by atoms with Crippen molar-refractivity contribution in [2.24, 2.45) is 5.41 Å². The summed E-state index contributed by atoms with van der Waals surface area (Å²) in [6.45, 7) is 7.62. The lowest BCUT2D eigenvalue weighted by molar-refractivity contribution is 0.0210. The predicted molar refractivity (Wildman–Crippen MR) is 60.2 cm³/mol. The molecular formula is C12H24O2. The molecule has 0 amide bonds. The molecule has 0 unspecified atom stereocenters. The Kier molecular flexibility index (Phi) is 6.85. The van der Waals surface area contributed by atoms with Gasteiger partial charge in [0.1, 0.15) is 0 Å². The Labute approximate surface area is 87.7 Å². The number of aliphatic hydroxyl groups is 2. The zero-order valence-electron chi connectivity index (χ0n) is 9.50. The molecule has 2 heteroatoms. The zero-order chi connectivity index (χ0) is 11.0. The Bertz CT molecular complexity index is 156. The topological polar surface area (TPSA) is 40.5 Å². The first kappa shape index (κ1) is 13.7. The van der Waals surface area contributed by atoms with E-state index in [1.807, 2.05) is 6.92 Å². The van der Waals surface area contributed by atoms with Crippen molar-refractivity contribution in [3.05, 3.63) is 12.7 Å². The Morgan fingerprint density at radius 2 is 2.00 bits per heavy atom. The molecule has 0 saturated heterocycles. The van der Waals surface area contributed by atoms with Crippen LogP contribution in [-0.4, -0.2) is 22.9 Å². The molecule has 0 rings (SSSR count). The van der Waals surface area contributed by atoms with Crippen molar-refractivity contribution in [2.75, 3.05) is 6.61 Å². The molecule has 0 saturated carbocycles. The summed E-state index contributed by atoms with van der Waals surface area (Å²) in [6.07, 6.45) is 6.54. The van der Waals surface area contributed by atoms with Crippen LogP contribution in [0.4, 0.5) is 0 Å². The summed E-state index contributed by atoms with van der Waals surface area (Å²) < 4.78 is 0. The molecule has 0 fully saturated rings. The van der Waals surface area contributed by atoms with E-state index >= 15 is 0 Å². The Hall–Kier alpha value is -0.340. The molecule has 0 aromatic rings. The van der Waals surface area contributed by atoms with Crippen LogP contribution in [0.3, 0.4) is 0 Å². The summed E-state index contributed by atoms with van der Waals surface area (Å²) in [5, 5.41) is 19.0. The molecule has 2 N–H and O–H groups in total. The summed E-state index contributed by atoms with van der Waals surface area (Å²) in [7, 11) is 0. The first-order valence-electron chi connectivity index (χ1n) is 5.53. The van der Waals surface area contributed by atoms with Gasteiger partial charge in [-0.05, 0) is 6.42 Å². The fourth-order valence-corrected chi connectivity index (χ4v) is 1.40. The van der Waals surface area contributed by atoms with E-state index in [0.717, 1.165) is 19.3 Å². The van der Waals surface area contributed by atoms with E-state index in [9.17, 15) is 5.11 Å². The van der Waals surface area contributed by atoms with Crippen molar-refractivity contribution in [1.82, 2.24) is 0 Å². The molecule has 0 radical (unpaired) electrons. The minimum Gasteiger partial charge on any atom is -0.395 e. The zero-order valence-corrected chi connectivity index (χ0v) is 9.50. The van der Waals surface area contributed by atoms with Gasteiger partial charge in [0.15, 0.2) is 0 Å². The highest BCUT2D eigenvalue weighted by Crippen LogP contribution is 2.25. The molecular weight excluding hydrogens is 176 g/mol. The van der Waals surface area contributed by atoms with Crippen LogP contribution in [0.1, 0.15) is 46.0 Å². The second-order valence-corrected chi connectivity index (χ2v) is 4.23. The Balaban J connectivity index is 3.81. The van der Waals surface area contributed by atoms with Crippen molar-refractivity contribution >= 4 is 0 Å². The summed E-state index contributed by atoms with van der Waals surface area (Å²) >= 11 is 0. The molecule has 84 valence electrons. The van der Waals surface area contributed by atoms with Gasteiger partial charge in [0.25, 0.3) is 0 Å². The van der Waals surface area contributed by atoms with Crippen LogP contribution in [0.15, 0.2) is 12.7 Å². The second-order valence-electron chi connectivity index (χ2n) is 4.23. The highest BCUT2D eigenvalue weighted by Gasteiger charge is 2.28. The third-order valence-corrected chi connectivity index (χ3v) is 2.90. The first-order valence-corrected chi connectivity index (χ1v) is 5.53.